The van der Waals surface area contributed by atoms with Crippen molar-refractivity contribution < 1.29 is 4.79 Å². The Morgan fingerprint density at radius 1 is 1.19 bits per heavy atom. The molecule has 0 aliphatic heterocycles. The van der Waals surface area contributed by atoms with Crippen molar-refractivity contribution >= 4 is 57.0 Å². The summed E-state index contributed by atoms with van der Waals surface area (Å²) in [5, 5.41) is 17.9. The Morgan fingerprint density at radius 3 is 2.74 bits per heavy atom. The molecule has 142 valence electrons. The number of hydrogen-bond donors (Lipinski definition) is 3. The Labute approximate surface area is 168 Å². The molecule has 11 heteroatoms. The molecule has 27 heavy (non-hydrogen) atoms. The number of carbonyl (C=O) groups is 1. The number of halogens is 1. The van der Waals surface area contributed by atoms with Gasteiger partial charge in [0.15, 0.2) is 5.16 Å². The lowest BCUT2D eigenvalue weighted by Crippen LogP contribution is -2.15. The number of carbonyl (C=O) groups excluding carboxylic acids is 1. The van der Waals surface area contributed by atoms with Crippen molar-refractivity contribution in [2.75, 3.05) is 34.8 Å². The Morgan fingerprint density at radius 2 is 2.00 bits per heavy atom. The van der Waals surface area contributed by atoms with Crippen molar-refractivity contribution in [2.24, 2.45) is 0 Å². The van der Waals surface area contributed by atoms with E-state index in [0.717, 1.165) is 10.2 Å². The summed E-state index contributed by atoms with van der Waals surface area (Å²) in [6, 6.07) is 7.44. The SMILES string of the molecule is CCNc1nc(NCC)n2c(SCC(=O)Nc3cccc(Br)c3)nnc2n1. The number of nitrogens with one attached hydrogen (secondary N) is 3. The van der Waals surface area contributed by atoms with E-state index in [-0.39, 0.29) is 11.7 Å². The number of amides is 1. The molecule has 3 aromatic rings. The maximum Gasteiger partial charge on any atom is 0.261 e. The quantitative estimate of drug-likeness (QED) is 0.449. The third-order valence-corrected chi connectivity index (χ3v) is 4.78. The van der Waals surface area contributed by atoms with E-state index in [1.807, 2.05) is 38.1 Å². The largest absolute Gasteiger partial charge is 0.355 e. The predicted octanol–water partition coefficient (Wildman–Crippen LogP) is 2.88. The van der Waals surface area contributed by atoms with Crippen LogP contribution in [0.2, 0.25) is 0 Å². The number of fused-ring (bicyclic) bond motifs is 1. The Kier molecular flexibility index (Phi) is 6.45. The minimum Gasteiger partial charge on any atom is -0.355 e. The summed E-state index contributed by atoms with van der Waals surface area (Å²) in [6.07, 6.45) is 0. The predicted molar refractivity (Wildman–Crippen MR) is 110 cm³/mol. The molecule has 2 aromatic heterocycles. The average Bonchev–Trinajstić information content (AvgIpc) is 3.04. The lowest BCUT2D eigenvalue weighted by atomic mass is 10.3. The van der Waals surface area contributed by atoms with Crippen molar-refractivity contribution in [3.63, 3.8) is 0 Å². The van der Waals surface area contributed by atoms with Gasteiger partial charge in [0.2, 0.25) is 17.8 Å². The van der Waals surface area contributed by atoms with Crippen LogP contribution in [0.3, 0.4) is 0 Å². The van der Waals surface area contributed by atoms with E-state index >= 15 is 0 Å². The Hall–Kier alpha value is -2.40. The molecule has 0 spiro atoms. The van der Waals surface area contributed by atoms with Crippen LogP contribution < -0.4 is 16.0 Å². The van der Waals surface area contributed by atoms with Gasteiger partial charge in [-0.25, -0.2) is 4.40 Å². The highest BCUT2D eigenvalue weighted by atomic mass is 79.9. The molecule has 1 amide bonds. The third kappa shape index (κ3) is 4.86. The first-order valence-electron chi connectivity index (χ1n) is 8.39. The summed E-state index contributed by atoms with van der Waals surface area (Å²) in [6.45, 7) is 5.33. The summed E-state index contributed by atoms with van der Waals surface area (Å²) in [4.78, 5) is 21.0. The standard InChI is InChI=1S/C16H19BrN8OS/c1-3-18-13-21-14(19-4-2)25-15(22-13)23-24-16(25)27-9-12(26)20-11-7-5-6-10(17)8-11/h5-8H,3-4,9H2,1-2H3,(H,20,26)(H2,18,19,21,22,23). The fourth-order valence-electron chi connectivity index (χ4n) is 2.29. The minimum absolute atomic E-state index is 0.134. The van der Waals surface area contributed by atoms with E-state index in [2.05, 4.69) is 52.0 Å². The van der Waals surface area contributed by atoms with Gasteiger partial charge >= 0.3 is 0 Å². The van der Waals surface area contributed by atoms with Crippen LogP contribution in [0.15, 0.2) is 33.9 Å². The van der Waals surface area contributed by atoms with E-state index in [9.17, 15) is 4.79 Å². The van der Waals surface area contributed by atoms with Crippen LogP contribution in [0, 0.1) is 0 Å². The number of aromatic nitrogens is 5. The zero-order chi connectivity index (χ0) is 19.2. The summed E-state index contributed by atoms with van der Waals surface area (Å²) in [5.74, 6) is 1.54. The second kappa shape index (κ2) is 9.00. The molecule has 0 fully saturated rings. The van der Waals surface area contributed by atoms with Gasteiger partial charge in [-0.15, -0.1) is 10.2 Å². The fraction of sp³-hybridized carbons (Fsp3) is 0.312. The van der Waals surface area contributed by atoms with Gasteiger partial charge < -0.3 is 16.0 Å². The Bertz CT molecular complexity index is 947. The zero-order valence-corrected chi connectivity index (χ0v) is 17.3. The number of benzene rings is 1. The van der Waals surface area contributed by atoms with E-state index in [4.69, 9.17) is 0 Å². The Balaban J connectivity index is 1.75. The first-order chi connectivity index (χ1) is 13.1. The van der Waals surface area contributed by atoms with Crippen LogP contribution >= 0.6 is 27.7 Å². The van der Waals surface area contributed by atoms with Gasteiger partial charge in [0.05, 0.1) is 5.75 Å². The number of hydrogen-bond acceptors (Lipinski definition) is 8. The fourth-order valence-corrected chi connectivity index (χ4v) is 3.42. The normalized spacial score (nSPS) is 10.8. The van der Waals surface area contributed by atoms with Crippen LogP contribution in [0.5, 0.6) is 0 Å². The minimum atomic E-state index is -0.134. The van der Waals surface area contributed by atoms with Crippen LogP contribution in [0.4, 0.5) is 17.6 Å². The molecule has 0 saturated carbocycles. The number of nitrogens with zero attached hydrogens (tertiary/aromatic N) is 5. The van der Waals surface area contributed by atoms with Crippen molar-refractivity contribution in [1.82, 2.24) is 24.6 Å². The van der Waals surface area contributed by atoms with Gasteiger partial charge in [-0.1, -0.05) is 33.8 Å². The molecular weight excluding hydrogens is 432 g/mol. The zero-order valence-electron chi connectivity index (χ0n) is 14.9. The second-order valence-electron chi connectivity index (χ2n) is 5.40. The topological polar surface area (TPSA) is 109 Å². The maximum atomic E-state index is 12.2. The highest BCUT2D eigenvalue weighted by molar-refractivity contribution is 9.10. The summed E-state index contributed by atoms with van der Waals surface area (Å²) in [5.41, 5.74) is 0.730. The van der Waals surface area contributed by atoms with Gasteiger partial charge in [0.25, 0.3) is 5.78 Å². The molecular formula is C16H19BrN8OS. The van der Waals surface area contributed by atoms with Crippen molar-refractivity contribution in [2.45, 2.75) is 19.0 Å². The third-order valence-electron chi connectivity index (χ3n) is 3.36. The lowest BCUT2D eigenvalue weighted by Gasteiger charge is -2.09. The first-order valence-corrected chi connectivity index (χ1v) is 10.2. The van der Waals surface area contributed by atoms with Gasteiger partial charge in [-0.05, 0) is 32.0 Å². The van der Waals surface area contributed by atoms with Gasteiger partial charge in [-0.3, -0.25) is 4.79 Å². The van der Waals surface area contributed by atoms with Crippen molar-refractivity contribution in [3.05, 3.63) is 28.7 Å². The number of thioether (sulfide) groups is 1. The molecule has 0 saturated heterocycles. The molecule has 0 aliphatic carbocycles. The second-order valence-corrected chi connectivity index (χ2v) is 7.25. The molecule has 0 radical (unpaired) electrons. The molecule has 2 heterocycles. The maximum absolute atomic E-state index is 12.2. The van der Waals surface area contributed by atoms with E-state index in [0.29, 0.717) is 35.9 Å². The highest BCUT2D eigenvalue weighted by Gasteiger charge is 2.15. The monoisotopic (exact) mass is 450 g/mol. The summed E-state index contributed by atoms with van der Waals surface area (Å²) >= 11 is 4.66. The molecule has 0 unspecified atom stereocenters. The van der Waals surface area contributed by atoms with Gasteiger partial charge in [0.1, 0.15) is 0 Å². The first kappa shape index (κ1) is 19.4. The highest BCUT2D eigenvalue weighted by Crippen LogP contribution is 2.22. The van der Waals surface area contributed by atoms with E-state index in [1.165, 1.54) is 11.8 Å². The smallest absolute Gasteiger partial charge is 0.261 e. The molecule has 3 rings (SSSR count). The van der Waals surface area contributed by atoms with E-state index in [1.54, 1.807) is 4.40 Å². The summed E-state index contributed by atoms with van der Waals surface area (Å²) < 4.78 is 2.61. The van der Waals surface area contributed by atoms with Gasteiger partial charge in [0, 0.05) is 23.2 Å². The number of rotatable bonds is 8. The molecule has 9 nitrogen and oxygen atoms in total. The molecule has 0 bridgehead atoms. The average molecular weight is 451 g/mol. The lowest BCUT2D eigenvalue weighted by molar-refractivity contribution is -0.113. The van der Waals surface area contributed by atoms with Crippen LogP contribution in [-0.4, -0.2) is 49.3 Å². The summed E-state index contributed by atoms with van der Waals surface area (Å²) in [7, 11) is 0. The van der Waals surface area contributed by atoms with E-state index < -0.39 is 0 Å². The molecule has 0 atom stereocenters. The molecule has 1 aromatic carbocycles. The van der Waals surface area contributed by atoms with Crippen LogP contribution in [0.25, 0.3) is 5.78 Å². The van der Waals surface area contributed by atoms with Gasteiger partial charge in [-0.2, -0.15) is 9.97 Å². The van der Waals surface area contributed by atoms with Crippen molar-refractivity contribution in [3.8, 4) is 0 Å². The van der Waals surface area contributed by atoms with Crippen molar-refractivity contribution in [1.29, 1.82) is 0 Å². The van der Waals surface area contributed by atoms with Crippen LogP contribution in [0.1, 0.15) is 13.8 Å². The van der Waals surface area contributed by atoms with Crippen LogP contribution in [-0.2, 0) is 4.79 Å². The number of anilines is 3. The molecule has 3 N–H and O–H groups in total. The molecule has 0 aliphatic rings.